The molecule has 1 atom stereocenters. The van der Waals surface area contributed by atoms with Crippen LogP contribution in [0.1, 0.15) is 30.9 Å². The van der Waals surface area contributed by atoms with Crippen molar-refractivity contribution in [1.29, 1.82) is 0 Å². The Balaban J connectivity index is 2.30. The van der Waals surface area contributed by atoms with Gasteiger partial charge in [0.15, 0.2) is 0 Å². The summed E-state index contributed by atoms with van der Waals surface area (Å²) < 4.78 is 13.5. The minimum atomic E-state index is -0.531. The molecule has 16 heavy (non-hydrogen) atoms. The number of non-ortho nitro benzene ring substituents is 1. The molecule has 1 fully saturated rings. The monoisotopic (exact) mass is 224 g/mol. The lowest BCUT2D eigenvalue weighted by Crippen LogP contribution is -2.27. The number of nitrogens with two attached hydrogens (primary N) is 1. The molecule has 4 nitrogen and oxygen atoms in total. The smallest absolute Gasteiger partial charge is 0.269 e. The first-order valence-corrected chi connectivity index (χ1v) is 5.29. The van der Waals surface area contributed by atoms with E-state index in [1.165, 1.54) is 6.07 Å². The molecule has 0 saturated heterocycles. The van der Waals surface area contributed by atoms with Gasteiger partial charge in [0.2, 0.25) is 0 Å². The van der Waals surface area contributed by atoms with Crippen LogP contribution >= 0.6 is 0 Å². The van der Waals surface area contributed by atoms with Crippen molar-refractivity contribution in [3.05, 3.63) is 39.7 Å². The van der Waals surface area contributed by atoms with Crippen molar-refractivity contribution in [3.8, 4) is 0 Å². The summed E-state index contributed by atoms with van der Waals surface area (Å²) in [5.74, 6) is -0.193. The van der Waals surface area contributed by atoms with Crippen LogP contribution in [0.4, 0.5) is 10.1 Å². The number of benzene rings is 1. The highest BCUT2D eigenvalue weighted by atomic mass is 19.1. The van der Waals surface area contributed by atoms with Gasteiger partial charge in [0.05, 0.1) is 4.92 Å². The highest BCUT2D eigenvalue weighted by Crippen LogP contribution is 2.37. The number of halogens is 1. The standard InChI is InChI=1S/C11H13FN2O2/c12-10-5-4-8(14(15)16)6-9(10)11(13)7-2-1-3-7/h4-7,11H,1-3,13H2/t11-/m0/s1. The van der Waals surface area contributed by atoms with Crippen LogP contribution in [-0.4, -0.2) is 4.92 Å². The maximum atomic E-state index is 13.5. The SMILES string of the molecule is N[C@H](c1cc([N+](=O)[O-])ccc1F)C1CCC1. The molecular weight excluding hydrogens is 211 g/mol. The second kappa shape index (κ2) is 4.17. The van der Waals surface area contributed by atoms with Gasteiger partial charge in [-0.15, -0.1) is 0 Å². The summed E-state index contributed by atoms with van der Waals surface area (Å²) in [5.41, 5.74) is 6.07. The predicted octanol–water partition coefficient (Wildman–Crippen LogP) is 2.53. The number of nitro groups is 1. The fraction of sp³-hybridized carbons (Fsp3) is 0.455. The average molecular weight is 224 g/mol. The largest absolute Gasteiger partial charge is 0.324 e. The van der Waals surface area contributed by atoms with Crippen molar-refractivity contribution in [1.82, 2.24) is 0 Å². The number of hydrogen-bond donors (Lipinski definition) is 1. The lowest BCUT2D eigenvalue weighted by atomic mass is 9.77. The van der Waals surface area contributed by atoms with Gasteiger partial charge in [0.25, 0.3) is 5.69 Å². The van der Waals surface area contributed by atoms with Gasteiger partial charge in [-0.1, -0.05) is 6.42 Å². The van der Waals surface area contributed by atoms with Gasteiger partial charge in [-0.05, 0) is 24.8 Å². The molecule has 1 aliphatic rings. The summed E-state index contributed by atoms with van der Waals surface area (Å²) in [7, 11) is 0. The molecule has 0 aromatic heterocycles. The lowest BCUT2D eigenvalue weighted by Gasteiger charge is -2.31. The minimum Gasteiger partial charge on any atom is -0.324 e. The maximum Gasteiger partial charge on any atom is 0.269 e. The van der Waals surface area contributed by atoms with Crippen LogP contribution in [0.25, 0.3) is 0 Å². The quantitative estimate of drug-likeness (QED) is 0.633. The van der Waals surface area contributed by atoms with Crippen molar-refractivity contribution < 1.29 is 9.31 Å². The Morgan fingerprint density at radius 1 is 1.50 bits per heavy atom. The zero-order valence-corrected chi connectivity index (χ0v) is 8.73. The zero-order valence-electron chi connectivity index (χ0n) is 8.73. The van der Waals surface area contributed by atoms with E-state index in [1.807, 2.05) is 0 Å². The molecular formula is C11H13FN2O2. The van der Waals surface area contributed by atoms with Gasteiger partial charge in [-0.3, -0.25) is 10.1 Å². The van der Waals surface area contributed by atoms with Crippen LogP contribution < -0.4 is 5.73 Å². The van der Waals surface area contributed by atoms with Crippen molar-refractivity contribution in [3.63, 3.8) is 0 Å². The van der Waals surface area contributed by atoms with Crippen molar-refractivity contribution >= 4 is 5.69 Å². The number of nitro benzene ring substituents is 1. The van der Waals surface area contributed by atoms with Gasteiger partial charge >= 0.3 is 0 Å². The predicted molar refractivity (Wildman–Crippen MR) is 57.3 cm³/mol. The van der Waals surface area contributed by atoms with Crippen molar-refractivity contribution in [2.75, 3.05) is 0 Å². The Morgan fingerprint density at radius 3 is 2.69 bits per heavy atom. The molecule has 1 saturated carbocycles. The normalized spacial score (nSPS) is 17.9. The van der Waals surface area contributed by atoms with E-state index in [2.05, 4.69) is 0 Å². The van der Waals surface area contributed by atoms with E-state index in [0.717, 1.165) is 31.4 Å². The van der Waals surface area contributed by atoms with Crippen LogP contribution in [0.15, 0.2) is 18.2 Å². The van der Waals surface area contributed by atoms with E-state index in [0.29, 0.717) is 0 Å². The van der Waals surface area contributed by atoms with Crippen LogP contribution in [-0.2, 0) is 0 Å². The molecule has 0 amide bonds. The van der Waals surface area contributed by atoms with E-state index in [9.17, 15) is 14.5 Å². The van der Waals surface area contributed by atoms with Crippen LogP contribution in [0.3, 0.4) is 0 Å². The molecule has 0 bridgehead atoms. The Hall–Kier alpha value is -1.49. The van der Waals surface area contributed by atoms with E-state index in [1.54, 1.807) is 0 Å². The molecule has 0 unspecified atom stereocenters. The third kappa shape index (κ3) is 1.90. The Kier molecular flexibility index (Phi) is 2.87. The summed E-state index contributed by atoms with van der Waals surface area (Å²) >= 11 is 0. The molecule has 0 radical (unpaired) electrons. The van der Waals surface area contributed by atoms with E-state index in [4.69, 9.17) is 5.73 Å². The molecule has 2 N–H and O–H groups in total. The van der Waals surface area contributed by atoms with E-state index < -0.39 is 16.8 Å². The fourth-order valence-electron chi connectivity index (χ4n) is 1.95. The number of nitrogens with zero attached hydrogens (tertiary/aromatic N) is 1. The first-order valence-electron chi connectivity index (χ1n) is 5.29. The summed E-state index contributed by atoms with van der Waals surface area (Å²) in [4.78, 5) is 10.1. The average Bonchev–Trinajstić information content (AvgIpc) is 2.15. The highest BCUT2D eigenvalue weighted by Gasteiger charge is 2.28. The first kappa shape index (κ1) is 11.0. The molecule has 2 rings (SSSR count). The van der Waals surface area contributed by atoms with E-state index in [-0.39, 0.29) is 17.2 Å². The molecule has 1 aliphatic carbocycles. The van der Waals surface area contributed by atoms with E-state index >= 15 is 0 Å². The summed E-state index contributed by atoms with van der Waals surface area (Å²) in [6, 6.07) is 3.10. The minimum absolute atomic E-state index is 0.105. The topological polar surface area (TPSA) is 69.2 Å². The number of rotatable bonds is 3. The molecule has 0 spiro atoms. The summed E-state index contributed by atoms with van der Waals surface area (Å²) in [6.45, 7) is 0. The third-order valence-corrected chi connectivity index (χ3v) is 3.21. The second-order valence-electron chi connectivity index (χ2n) is 4.18. The Bertz CT molecular complexity index is 418. The fourth-order valence-corrected chi connectivity index (χ4v) is 1.95. The molecule has 5 heteroatoms. The van der Waals surface area contributed by atoms with Crippen molar-refractivity contribution in [2.24, 2.45) is 11.7 Å². The number of hydrogen-bond acceptors (Lipinski definition) is 3. The zero-order chi connectivity index (χ0) is 11.7. The Labute approximate surface area is 92.4 Å². The Morgan fingerprint density at radius 2 is 2.19 bits per heavy atom. The first-order chi connectivity index (χ1) is 7.59. The molecule has 86 valence electrons. The molecule has 0 heterocycles. The second-order valence-corrected chi connectivity index (χ2v) is 4.18. The van der Waals surface area contributed by atoms with Gasteiger partial charge in [0.1, 0.15) is 5.82 Å². The van der Waals surface area contributed by atoms with Gasteiger partial charge < -0.3 is 5.73 Å². The van der Waals surface area contributed by atoms with Crippen molar-refractivity contribution in [2.45, 2.75) is 25.3 Å². The molecule has 0 aliphatic heterocycles. The summed E-state index contributed by atoms with van der Waals surface area (Å²) in [6.07, 6.45) is 3.06. The summed E-state index contributed by atoms with van der Waals surface area (Å²) in [5, 5.41) is 10.6. The highest BCUT2D eigenvalue weighted by molar-refractivity contribution is 5.37. The van der Waals surface area contributed by atoms with Crippen LogP contribution in [0.5, 0.6) is 0 Å². The third-order valence-electron chi connectivity index (χ3n) is 3.21. The molecule has 1 aromatic carbocycles. The van der Waals surface area contributed by atoms with Crippen LogP contribution in [0, 0.1) is 21.8 Å². The maximum absolute atomic E-state index is 13.5. The lowest BCUT2D eigenvalue weighted by molar-refractivity contribution is -0.385. The van der Waals surface area contributed by atoms with Gasteiger partial charge in [-0.25, -0.2) is 4.39 Å². The van der Waals surface area contributed by atoms with Gasteiger partial charge in [-0.2, -0.15) is 0 Å². The van der Waals surface area contributed by atoms with Gasteiger partial charge in [0, 0.05) is 23.7 Å². The molecule has 1 aromatic rings. The van der Waals surface area contributed by atoms with Crippen LogP contribution in [0.2, 0.25) is 0 Å².